The van der Waals surface area contributed by atoms with Crippen LogP contribution in [0.5, 0.6) is 0 Å². The number of nitrogens with two attached hydrogens (primary N) is 1. The molecule has 0 aliphatic heterocycles. The molecular weight excluding hydrogens is 162 g/mol. The van der Waals surface area contributed by atoms with Crippen LogP contribution in [-0.4, -0.2) is 28.2 Å². The molecule has 0 aliphatic carbocycles. The highest BCUT2D eigenvalue weighted by molar-refractivity contribution is 5.75. The summed E-state index contributed by atoms with van der Waals surface area (Å²) in [6, 6.07) is -1.04. The van der Waals surface area contributed by atoms with Crippen LogP contribution in [0.3, 0.4) is 0 Å². The van der Waals surface area contributed by atoms with Crippen LogP contribution in [0.25, 0.3) is 0 Å². The molecule has 1 unspecified atom stereocenters. The van der Waals surface area contributed by atoms with E-state index in [1.165, 1.54) is 12.2 Å². The summed E-state index contributed by atoms with van der Waals surface area (Å²) in [5.41, 5.74) is 5.10. The first-order chi connectivity index (χ1) is 5.54. The molecule has 0 aromatic rings. The molecule has 0 fully saturated rings. The number of allylic oxidation sites excluding steroid dienone is 1. The monoisotopic (exact) mass is 173 g/mol. The van der Waals surface area contributed by atoms with Crippen molar-refractivity contribution < 1.29 is 19.8 Å². The molecule has 1 atom stereocenters. The van der Waals surface area contributed by atoms with E-state index in [9.17, 15) is 9.59 Å². The molecule has 0 aliphatic rings. The summed E-state index contributed by atoms with van der Waals surface area (Å²) in [4.78, 5) is 20.1. The van der Waals surface area contributed by atoms with Gasteiger partial charge in [-0.3, -0.25) is 9.59 Å². The quantitative estimate of drug-likeness (QED) is 0.500. The topological polar surface area (TPSA) is 101 Å². The Labute approximate surface area is 69.5 Å². The zero-order valence-electron chi connectivity index (χ0n) is 6.43. The molecule has 0 aromatic heterocycles. The van der Waals surface area contributed by atoms with Crippen LogP contribution >= 0.6 is 0 Å². The fraction of sp³-hybridized carbons (Fsp3) is 0.429. The minimum atomic E-state index is -1.12. The summed E-state index contributed by atoms with van der Waals surface area (Å²) in [7, 11) is 0. The largest absolute Gasteiger partial charge is 0.481 e. The molecule has 0 spiro atoms. The van der Waals surface area contributed by atoms with E-state index in [-0.39, 0.29) is 6.42 Å². The maximum absolute atomic E-state index is 10.1. The van der Waals surface area contributed by atoms with Crippen molar-refractivity contribution in [2.45, 2.75) is 18.9 Å². The van der Waals surface area contributed by atoms with Crippen molar-refractivity contribution in [3.63, 3.8) is 0 Å². The molecule has 0 radical (unpaired) electrons. The predicted molar refractivity (Wildman–Crippen MR) is 41.6 cm³/mol. The molecule has 0 rings (SSSR count). The van der Waals surface area contributed by atoms with Crippen LogP contribution < -0.4 is 5.73 Å². The van der Waals surface area contributed by atoms with Crippen molar-refractivity contribution in [3.05, 3.63) is 12.2 Å². The van der Waals surface area contributed by atoms with E-state index in [0.29, 0.717) is 6.42 Å². The average molecular weight is 173 g/mol. The Bertz CT molecular complexity index is 200. The Balaban J connectivity index is 3.62. The Hall–Kier alpha value is -1.36. The number of carboxylic acids is 2. The summed E-state index contributed by atoms with van der Waals surface area (Å²) in [6.45, 7) is 0. The van der Waals surface area contributed by atoms with Crippen molar-refractivity contribution in [3.8, 4) is 0 Å². The smallest absolute Gasteiger partial charge is 0.324 e. The molecule has 5 heteroatoms. The first-order valence-corrected chi connectivity index (χ1v) is 3.41. The fourth-order valence-corrected chi connectivity index (χ4v) is 0.532. The standard InChI is InChI=1S/C7H11NO4/c8-5(7(11)12)3-1-2-4-6(9)10/h1,3,5H,2,4,8H2,(H,9,10)(H,11,12). The van der Waals surface area contributed by atoms with E-state index < -0.39 is 18.0 Å². The lowest BCUT2D eigenvalue weighted by molar-refractivity contribution is -0.137. The first-order valence-electron chi connectivity index (χ1n) is 3.41. The van der Waals surface area contributed by atoms with E-state index in [1.54, 1.807) is 0 Å². The Morgan fingerprint density at radius 1 is 1.42 bits per heavy atom. The maximum atomic E-state index is 10.1. The average Bonchev–Trinajstić information content (AvgIpc) is 1.97. The normalized spacial score (nSPS) is 13.1. The zero-order chi connectivity index (χ0) is 9.56. The SMILES string of the molecule is NC(C=CCCC(=O)O)C(=O)O. The molecule has 12 heavy (non-hydrogen) atoms. The van der Waals surface area contributed by atoms with Gasteiger partial charge < -0.3 is 15.9 Å². The Kier molecular flexibility index (Phi) is 4.71. The molecule has 0 amide bonds. The van der Waals surface area contributed by atoms with Gasteiger partial charge in [0.15, 0.2) is 0 Å². The van der Waals surface area contributed by atoms with Crippen LogP contribution in [0.4, 0.5) is 0 Å². The van der Waals surface area contributed by atoms with Gasteiger partial charge in [0.05, 0.1) is 0 Å². The van der Waals surface area contributed by atoms with Crippen LogP contribution in [-0.2, 0) is 9.59 Å². The Morgan fingerprint density at radius 3 is 2.42 bits per heavy atom. The van der Waals surface area contributed by atoms with Crippen LogP contribution in [0.2, 0.25) is 0 Å². The van der Waals surface area contributed by atoms with E-state index in [4.69, 9.17) is 15.9 Å². The molecule has 0 saturated heterocycles. The van der Waals surface area contributed by atoms with Crippen LogP contribution in [0.15, 0.2) is 12.2 Å². The summed E-state index contributed by atoms with van der Waals surface area (Å²) >= 11 is 0. The van der Waals surface area contributed by atoms with Crippen molar-refractivity contribution in [1.29, 1.82) is 0 Å². The van der Waals surface area contributed by atoms with E-state index in [1.807, 2.05) is 0 Å². The third kappa shape index (κ3) is 5.43. The van der Waals surface area contributed by atoms with Gasteiger partial charge in [-0.15, -0.1) is 0 Å². The summed E-state index contributed by atoms with van der Waals surface area (Å²) in [5, 5.41) is 16.5. The molecule has 0 heterocycles. The van der Waals surface area contributed by atoms with Gasteiger partial charge in [0.1, 0.15) is 6.04 Å². The number of hydrogen-bond acceptors (Lipinski definition) is 3. The minimum Gasteiger partial charge on any atom is -0.481 e. The van der Waals surface area contributed by atoms with Gasteiger partial charge in [0.2, 0.25) is 0 Å². The highest BCUT2D eigenvalue weighted by atomic mass is 16.4. The van der Waals surface area contributed by atoms with E-state index in [0.717, 1.165) is 0 Å². The summed E-state index contributed by atoms with van der Waals surface area (Å²) in [5.74, 6) is -2.04. The van der Waals surface area contributed by atoms with Crippen molar-refractivity contribution in [2.24, 2.45) is 5.73 Å². The third-order valence-corrected chi connectivity index (χ3v) is 1.15. The van der Waals surface area contributed by atoms with E-state index in [2.05, 4.69) is 0 Å². The van der Waals surface area contributed by atoms with Gasteiger partial charge in [0.25, 0.3) is 0 Å². The van der Waals surface area contributed by atoms with Gasteiger partial charge in [-0.1, -0.05) is 12.2 Å². The van der Waals surface area contributed by atoms with Gasteiger partial charge in [-0.05, 0) is 6.42 Å². The van der Waals surface area contributed by atoms with Gasteiger partial charge in [0, 0.05) is 6.42 Å². The highest BCUT2D eigenvalue weighted by Gasteiger charge is 2.05. The third-order valence-electron chi connectivity index (χ3n) is 1.15. The Morgan fingerprint density at radius 2 is 2.00 bits per heavy atom. The van der Waals surface area contributed by atoms with Crippen LogP contribution in [0, 0.1) is 0 Å². The van der Waals surface area contributed by atoms with Gasteiger partial charge >= 0.3 is 11.9 Å². The summed E-state index contributed by atoms with van der Waals surface area (Å²) < 4.78 is 0. The number of rotatable bonds is 5. The first kappa shape index (κ1) is 10.6. The molecule has 68 valence electrons. The number of hydrogen-bond donors (Lipinski definition) is 3. The molecule has 0 bridgehead atoms. The lowest BCUT2D eigenvalue weighted by Crippen LogP contribution is -2.27. The zero-order valence-corrected chi connectivity index (χ0v) is 6.43. The number of aliphatic carboxylic acids is 2. The lowest BCUT2D eigenvalue weighted by Gasteiger charge is -1.96. The van der Waals surface area contributed by atoms with Gasteiger partial charge in [-0.25, -0.2) is 0 Å². The van der Waals surface area contributed by atoms with E-state index >= 15 is 0 Å². The fourth-order valence-electron chi connectivity index (χ4n) is 0.532. The lowest BCUT2D eigenvalue weighted by atomic mass is 10.2. The van der Waals surface area contributed by atoms with Crippen molar-refractivity contribution >= 4 is 11.9 Å². The highest BCUT2D eigenvalue weighted by Crippen LogP contribution is 1.92. The second-order valence-electron chi connectivity index (χ2n) is 2.22. The maximum Gasteiger partial charge on any atom is 0.324 e. The van der Waals surface area contributed by atoms with Gasteiger partial charge in [-0.2, -0.15) is 0 Å². The molecule has 4 N–H and O–H groups in total. The molecule has 5 nitrogen and oxygen atoms in total. The minimum absolute atomic E-state index is 0.0111. The second-order valence-corrected chi connectivity index (χ2v) is 2.22. The predicted octanol–water partition coefficient (Wildman–Crippen LogP) is -0.181. The number of carbonyl (C=O) groups is 2. The second kappa shape index (κ2) is 5.31. The van der Waals surface area contributed by atoms with Crippen molar-refractivity contribution in [1.82, 2.24) is 0 Å². The molecular formula is C7H11NO4. The van der Waals surface area contributed by atoms with Crippen LogP contribution in [0.1, 0.15) is 12.8 Å². The molecule has 0 aromatic carbocycles. The van der Waals surface area contributed by atoms with Crippen molar-refractivity contribution in [2.75, 3.05) is 0 Å². The number of carboxylic acid groups (broad SMARTS) is 2. The summed E-state index contributed by atoms with van der Waals surface area (Å²) in [6.07, 6.45) is 3.01. The molecule has 0 saturated carbocycles.